The van der Waals surface area contributed by atoms with Crippen LogP contribution in [0.4, 0.5) is 26.3 Å². The highest BCUT2D eigenvalue weighted by Crippen LogP contribution is 2.43. The maximum atomic E-state index is 12.9. The Kier molecular flexibility index (Phi) is 6.13. The fourth-order valence-electron chi connectivity index (χ4n) is 1.66. The van der Waals surface area contributed by atoms with Crippen molar-refractivity contribution in [2.75, 3.05) is 7.11 Å². The van der Waals surface area contributed by atoms with Crippen molar-refractivity contribution >= 4 is 12.4 Å². The van der Waals surface area contributed by atoms with Crippen LogP contribution in [0.25, 0.3) is 0 Å². The minimum absolute atomic E-state index is 0. The Bertz CT molecular complexity index is 512. The van der Waals surface area contributed by atoms with Crippen LogP contribution in [0.3, 0.4) is 0 Å². The predicted octanol–water partition coefficient (Wildman–Crippen LogP) is 4.34. The molecule has 21 heavy (non-hydrogen) atoms. The molecule has 2 nitrogen and oxygen atoms in total. The van der Waals surface area contributed by atoms with E-state index in [9.17, 15) is 26.3 Å². The molecule has 0 fully saturated rings. The Hall–Kier alpha value is -1.41. The molecule has 1 atom stereocenters. The lowest BCUT2D eigenvalue weighted by Crippen LogP contribution is -2.19. The number of ether oxygens (including phenoxy) is 1. The summed E-state index contributed by atoms with van der Waals surface area (Å²) in [6, 6.07) is -0.807. The molecule has 0 saturated heterocycles. The van der Waals surface area contributed by atoms with Crippen LogP contribution in [0.2, 0.25) is 0 Å². The van der Waals surface area contributed by atoms with Crippen LogP contribution in [0.5, 0.6) is 5.75 Å². The quantitative estimate of drug-likeness (QED) is 0.659. The third-order valence-electron chi connectivity index (χ3n) is 2.58. The lowest BCUT2D eigenvalue weighted by atomic mass is 9.96. The zero-order chi connectivity index (χ0) is 15.7. The molecule has 0 amide bonds. The second-order valence-electron chi connectivity index (χ2n) is 3.90. The number of nitrogens with two attached hydrogens (primary N) is 1. The highest BCUT2D eigenvalue weighted by atomic mass is 35.5. The molecule has 0 aliphatic rings. The van der Waals surface area contributed by atoms with Crippen LogP contribution < -0.4 is 10.5 Å². The van der Waals surface area contributed by atoms with Gasteiger partial charge in [-0.15, -0.1) is 19.0 Å². The first-order valence-corrected chi connectivity index (χ1v) is 5.26. The molecule has 0 unspecified atom stereocenters. The van der Waals surface area contributed by atoms with E-state index in [0.29, 0.717) is 6.07 Å². The molecule has 0 aromatic heterocycles. The Morgan fingerprint density at radius 2 is 1.67 bits per heavy atom. The van der Waals surface area contributed by atoms with Gasteiger partial charge in [-0.3, -0.25) is 0 Å². The normalized spacial score (nSPS) is 13.3. The molecular formula is C12H12ClF6NO. The van der Waals surface area contributed by atoms with Gasteiger partial charge in [0.2, 0.25) is 0 Å². The number of hydrogen-bond acceptors (Lipinski definition) is 2. The molecule has 1 rings (SSSR count). The van der Waals surface area contributed by atoms with Crippen molar-refractivity contribution in [3.8, 4) is 5.75 Å². The van der Waals surface area contributed by atoms with Gasteiger partial charge in [-0.25, -0.2) is 0 Å². The van der Waals surface area contributed by atoms with E-state index in [0.717, 1.165) is 13.2 Å². The van der Waals surface area contributed by atoms with E-state index in [1.165, 1.54) is 0 Å². The van der Waals surface area contributed by atoms with Crippen molar-refractivity contribution in [1.82, 2.24) is 0 Å². The maximum absolute atomic E-state index is 12.9. The van der Waals surface area contributed by atoms with Crippen LogP contribution in [-0.4, -0.2) is 7.11 Å². The molecule has 2 N–H and O–H groups in total. The summed E-state index contributed by atoms with van der Waals surface area (Å²) in [6.45, 7) is 3.24. The van der Waals surface area contributed by atoms with Crippen LogP contribution >= 0.6 is 12.4 Å². The van der Waals surface area contributed by atoms with E-state index < -0.39 is 40.8 Å². The van der Waals surface area contributed by atoms with E-state index in [4.69, 9.17) is 5.73 Å². The molecule has 0 bridgehead atoms. The summed E-state index contributed by atoms with van der Waals surface area (Å²) >= 11 is 0. The Morgan fingerprint density at radius 3 is 2.00 bits per heavy atom. The van der Waals surface area contributed by atoms with Crippen molar-refractivity contribution < 1.29 is 31.1 Å². The number of alkyl halides is 6. The number of halogens is 7. The SMILES string of the molecule is C=C[C@H](N)c1c(OC)cc(C(F)(F)F)cc1C(F)(F)F.Cl. The monoisotopic (exact) mass is 335 g/mol. The van der Waals surface area contributed by atoms with E-state index in [-0.39, 0.29) is 18.5 Å². The third kappa shape index (κ3) is 4.28. The number of methoxy groups -OCH3 is 1. The molecule has 1 aromatic rings. The molecular weight excluding hydrogens is 324 g/mol. The predicted molar refractivity (Wildman–Crippen MR) is 67.4 cm³/mol. The van der Waals surface area contributed by atoms with Gasteiger partial charge in [-0.1, -0.05) is 6.08 Å². The topological polar surface area (TPSA) is 35.2 Å². The molecule has 0 aliphatic carbocycles. The Morgan fingerprint density at radius 1 is 1.14 bits per heavy atom. The number of rotatable bonds is 3. The highest BCUT2D eigenvalue weighted by molar-refractivity contribution is 5.85. The van der Waals surface area contributed by atoms with Crippen LogP contribution in [0.15, 0.2) is 24.8 Å². The van der Waals surface area contributed by atoms with Crippen molar-refractivity contribution in [1.29, 1.82) is 0 Å². The summed E-state index contributed by atoms with van der Waals surface area (Å²) in [5, 5.41) is 0. The first-order chi connectivity index (χ1) is 9.02. The first-order valence-electron chi connectivity index (χ1n) is 5.26. The van der Waals surface area contributed by atoms with Crippen molar-refractivity contribution in [3.05, 3.63) is 41.5 Å². The molecule has 0 spiro atoms. The summed E-state index contributed by atoms with van der Waals surface area (Å²) in [5.74, 6) is -0.584. The van der Waals surface area contributed by atoms with E-state index in [1.807, 2.05) is 0 Å². The third-order valence-corrected chi connectivity index (χ3v) is 2.58. The standard InChI is InChI=1S/C12H11F6NO.ClH/c1-3-8(19)10-7(12(16,17)18)4-6(11(13,14)15)5-9(10)20-2;/h3-5,8H,1,19H2,2H3;1H/t8-;/m0./s1. The van der Waals surface area contributed by atoms with Gasteiger partial charge in [0.1, 0.15) is 5.75 Å². The second-order valence-corrected chi connectivity index (χ2v) is 3.90. The van der Waals surface area contributed by atoms with Gasteiger partial charge < -0.3 is 10.5 Å². The smallest absolute Gasteiger partial charge is 0.416 e. The zero-order valence-electron chi connectivity index (χ0n) is 10.7. The molecule has 0 saturated carbocycles. The lowest BCUT2D eigenvalue weighted by molar-refractivity contribution is -0.143. The largest absolute Gasteiger partial charge is 0.496 e. The highest BCUT2D eigenvalue weighted by Gasteiger charge is 2.40. The number of hydrogen-bond donors (Lipinski definition) is 1. The average molecular weight is 336 g/mol. The zero-order valence-corrected chi connectivity index (χ0v) is 11.5. The first kappa shape index (κ1) is 19.6. The van der Waals surface area contributed by atoms with Gasteiger partial charge in [0.15, 0.2) is 0 Å². The summed E-state index contributed by atoms with van der Waals surface area (Å²) in [5.41, 5.74) is 1.92. The second kappa shape index (κ2) is 6.57. The van der Waals surface area contributed by atoms with Crippen LogP contribution in [-0.2, 0) is 12.4 Å². The number of benzene rings is 1. The summed E-state index contributed by atoms with van der Waals surface area (Å²) in [4.78, 5) is 0. The van der Waals surface area contributed by atoms with Crippen LogP contribution in [0, 0.1) is 0 Å². The lowest BCUT2D eigenvalue weighted by Gasteiger charge is -2.21. The van der Waals surface area contributed by atoms with Gasteiger partial charge in [0.25, 0.3) is 0 Å². The molecule has 1 aromatic carbocycles. The van der Waals surface area contributed by atoms with Gasteiger partial charge in [-0.2, -0.15) is 26.3 Å². The molecule has 0 aliphatic heterocycles. The summed E-state index contributed by atoms with van der Waals surface area (Å²) < 4.78 is 81.2. The van der Waals surface area contributed by atoms with Crippen molar-refractivity contribution in [3.63, 3.8) is 0 Å². The maximum Gasteiger partial charge on any atom is 0.416 e. The fourth-order valence-corrected chi connectivity index (χ4v) is 1.66. The van der Waals surface area contributed by atoms with Gasteiger partial charge in [0.05, 0.1) is 24.3 Å². The molecule has 0 heterocycles. The van der Waals surface area contributed by atoms with Gasteiger partial charge in [-0.05, 0) is 12.1 Å². The Labute approximate surface area is 123 Å². The molecule has 120 valence electrons. The minimum atomic E-state index is -5.00. The van der Waals surface area contributed by atoms with Gasteiger partial charge in [0, 0.05) is 5.56 Å². The van der Waals surface area contributed by atoms with E-state index >= 15 is 0 Å². The Balaban J connectivity index is 0.00000400. The minimum Gasteiger partial charge on any atom is -0.496 e. The van der Waals surface area contributed by atoms with E-state index in [1.54, 1.807) is 0 Å². The van der Waals surface area contributed by atoms with Gasteiger partial charge >= 0.3 is 12.4 Å². The average Bonchev–Trinajstić information content (AvgIpc) is 2.33. The summed E-state index contributed by atoms with van der Waals surface area (Å²) in [7, 11) is 0.967. The molecule has 0 radical (unpaired) electrons. The van der Waals surface area contributed by atoms with Crippen molar-refractivity contribution in [2.24, 2.45) is 5.73 Å². The van der Waals surface area contributed by atoms with E-state index in [2.05, 4.69) is 11.3 Å². The summed E-state index contributed by atoms with van der Waals surface area (Å²) in [6.07, 6.45) is -8.94. The van der Waals surface area contributed by atoms with Crippen LogP contribution in [0.1, 0.15) is 22.7 Å². The van der Waals surface area contributed by atoms with Crippen molar-refractivity contribution in [2.45, 2.75) is 18.4 Å². The molecule has 9 heteroatoms. The fraction of sp³-hybridized carbons (Fsp3) is 0.333.